The number of halogens is 1. The Bertz CT molecular complexity index is 162. The molecule has 0 amide bonds. The summed E-state index contributed by atoms with van der Waals surface area (Å²) >= 11 is -0.312. The van der Waals surface area contributed by atoms with Gasteiger partial charge in [0.1, 0.15) is 0 Å². The molecule has 0 N–H and O–H groups in total. The van der Waals surface area contributed by atoms with Crippen LogP contribution < -0.4 is 0 Å². The molecule has 46 valence electrons. The Kier molecular flexibility index (Phi) is 3.14. The van der Waals surface area contributed by atoms with Crippen molar-refractivity contribution in [1.29, 1.82) is 0 Å². The minimum absolute atomic E-state index is 0.312. The van der Waals surface area contributed by atoms with Gasteiger partial charge in [0, 0.05) is 0 Å². The van der Waals surface area contributed by atoms with Gasteiger partial charge in [0.25, 0.3) is 0 Å². The zero-order valence-electron chi connectivity index (χ0n) is 5.18. The predicted octanol–water partition coefficient (Wildman–Crippen LogP) is 1.78. The van der Waals surface area contributed by atoms with E-state index in [0.29, 0.717) is 0 Å². The third-order valence-electron chi connectivity index (χ3n) is 1.23. The predicted molar refractivity (Wildman–Crippen MR) is 43.1 cm³/mol. The molecule has 1 rings (SSSR count). The van der Waals surface area contributed by atoms with Crippen LogP contribution in [-0.2, 0) is 5.28 Å². The summed E-state index contributed by atoms with van der Waals surface area (Å²) in [6.45, 7) is 0. The van der Waals surface area contributed by atoms with E-state index in [9.17, 15) is 0 Å². The minimum atomic E-state index is -0.312. The maximum absolute atomic E-state index is 5.67. The molecule has 0 saturated heterocycles. The second-order valence-corrected chi connectivity index (χ2v) is 3.94. The largest absolute Gasteiger partial charge is 0.381 e. The third kappa shape index (κ3) is 2.41. The first-order valence-corrected chi connectivity index (χ1v) is 6.17. The standard InChI is InChI=1S/C7H7.Al.ClH.H/c1-7-5-3-2-4-6-7;;;/h2-6H,1H2;;1H;/q;+1;;/p-1. The van der Waals surface area contributed by atoms with Gasteiger partial charge in [-0.2, -0.15) is 0 Å². The molecule has 9 heavy (non-hydrogen) atoms. The van der Waals surface area contributed by atoms with E-state index in [1.165, 1.54) is 5.56 Å². The highest BCUT2D eigenvalue weighted by molar-refractivity contribution is 6.93. The van der Waals surface area contributed by atoms with Gasteiger partial charge in [0.2, 0.25) is 0 Å². The van der Waals surface area contributed by atoms with E-state index in [1.54, 1.807) is 0 Å². The quantitative estimate of drug-likeness (QED) is 0.570. The monoisotopic (exact) mass is 154 g/mol. The van der Waals surface area contributed by atoms with Crippen molar-refractivity contribution in [3.05, 3.63) is 35.9 Å². The summed E-state index contributed by atoms with van der Waals surface area (Å²) in [6, 6.07) is 10.4. The number of hydrogen-bond donors (Lipinski definition) is 0. The molecule has 0 atom stereocenters. The zero-order chi connectivity index (χ0) is 6.53. The van der Waals surface area contributed by atoms with Crippen LogP contribution in [0.15, 0.2) is 30.3 Å². The van der Waals surface area contributed by atoms with E-state index in [1.807, 2.05) is 6.07 Å². The Hall–Kier alpha value is 0.0425. The van der Waals surface area contributed by atoms with E-state index in [0.717, 1.165) is 5.28 Å². The molecular formula is C7H8AlCl. The van der Waals surface area contributed by atoms with Crippen LogP contribution in [0.2, 0.25) is 0 Å². The fourth-order valence-electron chi connectivity index (χ4n) is 0.754. The highest BCUT2D eigenvalue weighted by atomic mass is 35.6. The van der Waals surface area contributed by atoms with Crippen LogP contribution in [0.3, 0.4) is 0 Å². The Labute approximate surface area is 65.8 Å². The van der Waals surface area contributed by atoms with Gasteiger partial charge >= 0.3 is 14.3 Å². The Morgan fingerprint density at radius 1 is 1.22 bits per heavy atom. The van der Waals surface area contributed by atoms with E-state index in [2.05, 4.69) is 24.3 Å². The summed E-state index contributed by atoms with van der Waals surface area (Å²) in [7, 11) is 5.67. The lowest BCUT2D eigenvalue weighted by molar-refractivity contribution is 1.40. The first-order chi connectivity index (χ1) is 4.43. The van der Waals surface area contributed by atoms with E-state index >= 15 is 0 Å². The fraction of sp³-hybridized carbons (Fsp3) is 0.143. The third-order valence-corrected chi connectivity index (χ3v) is 2.56. The first-order valence-electron chi connectivity index (χ1n) is 3.03. The Morgan fingerprint density at radius 3 is 2.44 bits per heavy atom. The van der Waals surface area contributed by atoms with Crippen molar-refractivity contribution in [2.45, 2.75) is 5.28 Å². The van der Waals surface area contributed by atoms with E-state index < -0.39 is 0 Å². The van der Waals surface area contributed by atoms with Gasteiger partial charge in [0.15, 0.2) is 0 Å². The lowest BCUT2D eigenvalue weighted by atomic mass is 10.2. The van der Waals surface area contributed by atoms with Gasteiger partial charge < -0.3 is 0 Å². The van der Waals surface area contributed by atoms with Crippen LogP contribution >= 0.6 is 10.0 Å². The van der Waals surface area contributed by atoms with E-state index in [-0.39, 0.29) is 14.3 Å². The zero-order valence-corrected chi connectivity index (χ0v) is 7.35. The highest BCUT2D eigenvalue weighted by Crippen LogP contribution is 1.98. The van der Waals surface area contributed by atoms with Gasteiger partial charge in [-0.15, -0.1) is 0 Å². The maximum atomic E-state index is 5.67. The molecular weight excluding hydrogens is 147 g/mol. The molecule has 1 aromatic carbocycles. The van der Waals surface area contributed by atoms with Crippen LogP contribution in [0.25, 0.3) is 0 Å². The van der Waals surface area contributed by atoms with Gasteiger partial charge in [-0.3, -0.25) is 10.0 Å². The lowest BCUT2D eigenvalue weighted by Gasteiger charge is -1.91. The molecule has 0 bridgehead atoms. The molecule has 2 heteroatoms. The topological polar surface area (TPSA) is 0 Å². The smallest absolute Gasteiger partial charge is 0.267 e. The average molecular weight is 155 g/mol. The van der Waals surface area contributed by atoms with Crippen LogP contribution in [0.5, 0.6) is 0 Å². The van der Waals surface area contributed by atoms with Crippen molar-refractivity contribution in [1.82, 2.24) is 0 Å². The highest BCUT2D eigenvalue weighted by Gasteiger charge is 1.89. The summed E-state index contributed by atoms with van der Waals surface area (Å²) in [5, 5.41) is 1.11. The summed E-state index contributed by atoms with van der Waals surface area (Å²) in [5.74, 6) is 0. The van der Waals surface area contributed by atoms with Crippen molar-refractivity contribution in [2.24, 2.45) is 0 Å². The molecule has 0 fully saturated rings. The molecule has 0 aliphatic heterocycles. The summed E-state index contributed by atoms with van der Waals surface area (Å²) < 4.78 is 0. The Morgan fingerprint density at radius 2 is 1.89 bits per heavy atom. The van der Waals surface area contributed by atoms with Crippen LogP contribution in [0, 0.1) is 0 Å². The summed E-state index contributed by atoms with van der Waals surface area (Å²) in [6.07, 6.45) is 0. The fourth-order valence-corrected chi connectivity index (χ4v) is 1.96. The SMILES string of the molecule is [Cl][AlH][CH2]c1ccccc1. The molecule has 0 aliphatic rings. The average Bonchev–Trinajstić information content (AvgIpc) is 1.91. The van der Waals surface area contributed by atoms with Crippen molar-refractivity contribution in [3.63, 3.8) is 0 Å². The van der Waals surface area contributed by atoms with Crippen molar-refractivity contribution in [3.8, 4) is 0 Å². The second-order valence-electron chi connectivity index (χ2n) is 1.92. The van der Waals surface area contributed by atoms with Crippen LogP contribution in [0.1, 0.15) is 5.56 Å². The van der Waals surface area contributed by atoms with Crippen molar-refractivity contribution < 1.29 is 0 Å². The molecule has 0 nitrogen and oxygen atoms in total. The number of benzene rings is 1. The Balaban J connectivity index is 2.61. The number of hydrogen-bond acceptors (Lipinski definition) is 0. The number of rotatable bonds is 2. The maximum Gasteiger partial charge on any atom is 0.381 e. The molecule has 0 heterocycles. The summed E-state index contributed by atoms with van der Waals surface area (Å²) in [4.78, 5) is 0. The molecule has 1 aromatic rings. The molecule has 0 aliphatic carbocycles. The lowest BCUT2D eigenvalue weighted by Crippen LogP contribution is -1.86. The van der Waals surface area contributed by atoms with Gasteiger partial charge in [0.05, 0.1) is 0 Å². The molecule has 0 aromatic heterocycles. The minimum Gasteiger partial charge on any atom is -0.267 e. The molecule has 0 saturated carbocycles. The van der Waals surface area contributed by atoms with Crippen LogP contribution in [-0.4, -0.2) is 14.3 Å². The van der Waals surface area contributed by atoms with Gasteiger partial charge in [-0.1, -0.05) is 41.2 Å². The van der Waals surface area contributed by atoms with Crippen molar-refractivity contribution >= 4 is 24.3 Å². The van der Waals surface area contributed by atoms with Gasteiger partial charge in [-0.25, -0.2) is 0 Å². The summed E-state index contributed by atoms with van der Waals surface area (Å²) in [5.41, 5.74) is 1.37. The van der Waals surface area contributed by atoms with E-state index in [4.69, 9.17) is 10.0 Å². The molecule has 0 unspecified atom stereocenters. The normalized spacial score (nSPS) is 9.00. The molecule has 0 radical (unpaired) electrons. The molecule has 0 spiro atoms. The first kappa shape index (κ1) is 7.15. The van der Waals surface area contributed by atoms with Gasteiger partial charge in [-0.05, 0) is 0 Å². The van der Waals surface area contributed by atoms with Crippen molar-refractivity contribution in [2.75, 3.05) is 0 Å². The van der Waals surface area contributed by atoms with Crippen LogP contribution in [0.4, 0.5) is 0 Å². The second kappa shape index (κ2) is 3.96.